The molecule has 0 rings (SSSR count). The highest BCUT2D eigenvalue weighted by molar-refractivity contribution is 14.1. The largest absolute Gasteiger partial charge is 0.0864 e. The van der Waals surface area contributed by atoms with Crippen LogP contribution in [0.3, 0.4) is 0 Å². The van der Waals surface area contributed by atoms with Crippen LogP contribution in [0, 0.1) is 0 Å². The van der Waals surface area contributed by atoms with E-state index in [2.05, 4.69) is 67.8 Å². The van der Waals surface area contributed by atoms with Crippen LogP contribution in [-0.4, -0.2) is 12.8 Å². The van der Waals surface area contributed by atoms with Gasteiger partial charge in [-0.2, -0.15) is 0 Å². The second kappa shape index (κ2) is 9.28. The maximum absolute atomic E-state index is 2.55. The van der Waals surface area contributed by atoms with Crippen molar-refractivity contribution in [3.63, 3.8) is 0 Å². The summed E-state index contributed by atoms with van der Waals surface area (Å²) in [7, 11) is 0. The lowest BCUT2D eigenvalue weighted by Crippen LogP contribution is -1.97. The van der Waals surface area contributed by atoms with E-state index in [4.69, 9.17) is 0 Å². The summed E-state index contributed by atoms with van der Waals surface area (Å²) in [6, 6.07) is 0. The highest BCUT2D eigenvalue weighted by atomic mass is 127. The SMILES string of the molecule is ICCCCCC(I)CI. The minimum Gasteiger partial charge on any atom is -0.0864 e. The van der Waals surface area contributed by atoms with Gasteiger partial charge in [0.2, 0.25) is 0 Å². The van der Waals surface area contributed by atoms with Crippen molar-refractivity contribution in [3.8, 4) is 0 Å². The lowest BCUT2D eigenvalue weighted by Gasteiger charge is -2.03. The topological polar surface area (TPSA) is 0 Å². The van der Waals surface area contributed by atoms with Crippen molar-refractivity contribution in [2.24, 2.45) is 0 Å². The van der Waals surface area contributed by atoms with Gasteiger partial charge in [-0.15, -0.1) is 0 Å². The maximum Gasteiger partial charge on any atom is 0.0199 e. The molecule has 0 aromatic rings. The molecular formula is C7H13I3. The molecule has 3 heteroatoms. The molecule has 0 aromatic heterocycles. The van der Waals surface area contributed by atoms with E-state index in [9.17, 15) is 0 Å². The van der Waals surface area contributed by atoms with E-state index in [0.717, 1.165) is 3.92 Å². The summed E-state index contributed by atoms with van der Waals surface area (Å²) in [5, 5.41) is 0. The Hall–Kier alpha value is 2.19. The summed E-state index contributed by atoms with van der Waals surface area (Å²) >= 11 is 7.46. The predicted molar refractivity (Wildman–Crippen MR) is 74.1 cm³/mol. The van der Waals surface area contributed by atoms with Crippen molar-refractivity contribution in [1.82, 2.24) is 0 Å². The van der Waals surface area contributed by atoms with Gasteiger partial charge in [-0.1, -0.05) is 80.6 Å². The van der Waals surface area contributed by atoms with E-state index in [1.54, 1.807) is 0 Å². The monoisotopic (exact) mass is 478 g/mol. The fourth-order valence-corrected chi connectivity index (χ4v) is 2.13. The van der Waals surface area contributed by atoms with E-state index < -0.39 is 0 Å². The van der Waals surface area contributed by atoms with Crippen LogP contribution in [0.5, 0.6) is 0 Å². The molecule has 0 heterocycles. The summed E-state index contributed by atoms with van der Waals surface area (Å²) in [6.07, 6.45) is 5.68. The molecule has 0 N–H and O–H groups in total. The quantitative estimate of drug-likeness (QED) is 0.305. The minimum atomic E-state index is 0.910. The van der Waals surface area contributed by atoms with Gasteiger partial charge in [0, 0.05) is 8.35 Å². The molecule has 0 bridgehead atoms. The van der Waals surface area contributed by atoms with Gasteiger partial charge < -0.3 is 0 Å². The normalized spacial score (nSPS) is 13.5. The average Bonchev–Trinajstić information content (AvgIpc) is 1.98. The van der Waals surface area contributed by atoms with E-state index in [1.807, 2.05) is 0 Å². The zero-order chi connectivity index (χ0) is 7.82. The zero-order valence-corrected chi connectivity index (χ0v) is 12.4. The maximum atomic E-state index is 2.55. The van der Waals surface area contributed by atoms with Gasteiger partial charge in [-0.25, -0.2) is 0 Å². The first-order chi connectivity index (χ1) is 4.81. The third kappa shape index (κ3) is 8.29. The Morgan fingerprint density at radius 2 is 1.70 bits per heavy atom. The molecule has 0 fully saturated rings. The summed E-state index contributed by atoms with van der Waals surface area (Å²) < 4.78 is 3.55. The van der Waals surface area contributed by atoms with E-state index in [-0.39, 0.29) is 0 Å². The highest BCUT2D eigenvalue weighted by Gasteiger charge is 1.99. The van der Waals surface area contributed by atoms with Crippen LogP contribution in [0.1, 0.15) is 25.7 Å². The molecule has 0 aliphatic rings. The Balaban J connectivity index is 2.89. The van der Waals surface area contributed by atoms with Crippen molar-refractivity contribution in [1.29, 1.82) is 0 Å². The third-order valence-electron chi connectivity index (χ3n) is 1.32. The zero-order valence-electron chi connectivity index (χ0n) is 5.95. The van der Waals surface area contributed by atoms with Crippen molar-refractivity contribution in [2.75, 3.05) is 8.86 Å². The highest BCUT2D eigenvalue weighted by Crippen LogP contribution is 2.14. The third-order valence-corrected chi connectivity index (χ3v) is 5.89. The molecule has 0 saturated heterocycles. The van der Waals surface area contributed by atoms with Gasteiger partial charge in [0.25, 0.3) is 0 Å². The van der Waals surface area contributed by atoms with Gasteiger partial charge in [0.05, 0.1) is 0 Å². The molecule has 1 unspecified atom stereocenters. The first kappa shape index (κ1) is 12.2. The summed E-state index contributed by atoms with van der Waals surface area (Å²) in [6.45, 7) is 0. The van der Waals surface area contributed by atoms with Crippen molar-refractivity contribution in [2.45, 2.75) is 29.6 Å². The molecule has 1 atom stereocenters. The Bertz CT molecular complexity index is 65.9. The number of rotatable bonds is 6. The molecular weight excluding hydrogens is 465 g/mol. The number of hydrogen-bond donors (Lipinski definition) is 0. The van der Waals surface area contributed by atoms with Crippen LogP contribution < -0.4 is 0 Å². The average molecular weight is 478 g/mol. The molecule has 0 saturated carbocycles. The number of halogens is 3. The summed E-state index contributed by atoms with van der Waals surface area (Å²) in [4.78, 5) is 0. The Morgan fingerprint density at radius 3 is 2.20 bits per heavy atom. The fraction of sp³-hybridized carbons (Fsp3) is 1.00. The predicted octanol–water partition coefficient (Wildman–Crippen LogP) is 4.22. The Kier molecular flexibility index (Phi) is 11.3. The molecule has 0 aliphatic carbocycles. The smallest absolute Gasteiger partial charge is 0.0199 e. The van der Waals surface area contributed by atoms with Crippen LogP contribution in [-0.2, 0) is 0 Å². The first-order valence-corrected chi connectivity index (χ1v) is 7.87. The minimum absolute atomic E-state index is 0.910. The van der Waals surface area contributed by atoms with Gasteiger partial charge in [-0.05, 0) is 17.3 Å². The second-order valence-electron chi connectivity index (χ2n) is 2.29. The van der Waals surface area contributed by atoms with E-state index in [0.29, 0.717) is 0 Å². The molecule has 0 amide bonds. The Morgan fingerprint density at radius 1 is 1.00 bits per heavy atom. The van der Waals surface area contributed by atoms with Crippen molar-refractivity contribution < 1.29 is 0 Å². The van der Waals surface area contributed by atoms with Crippen LogP contribution in [0.4, 0.5) is 0 Å². The fourth-order valence-electron chi connectivity index (χ4n) is 0.714. The molecule has 62 valence electrons. The summed E-state index contributed by atoms with van der Waals surface area (Å²) in [5.74, 6) is 0. The van der Waals surface area contributed by atoms with Gasteiger partial charge in [-0.3, -0.25) is 0 Å². The lowest BCUT2D eigenvalue weighted by molar-refractivity contribution is 0.684. The number of alkyl halides is 3. The second-order valence-corrected chi connectivity index (χ2v) is 6.01. The van der Waals surface area contributed by atoms with Gasteiger partial charge in [0.1, 0.15) is 0 Å². The van der Waals surface area contributed by atoms with Gasteiger partial charge >= 0.3 is 0 Å². The van der Waals surface area contributed by atoms with E-state index >= 15 is 0 Å². The molecule has 10 heavy (non-hydrogen) atoms. The molecule has 0 nitrogen and oxygen atoms in total. The molecule has 0 spiro atoms. The van der Waals surface area contributed by atoms with Crippen molar-refractivity contribution in [3.05, 3.63) is 0 Å². The van der Waals surface area contributed by atoms with Gasteiger partial charge in [0.15, 0.2) is 0 Å². The lowest BCUT2D eigenvalue weighted by atomic mass is 10.2. The molecule has 0 aromatic carbocycles. The standard InChI is InChI=1S/C7H13I3/c8-5-3-1-2-4-7(10)6-9/h7H,1-6H2. The van der Waals surface area contributed by atoms with Crippen LogP contribution >= 0.6 is 67.8 Å². The van der Waals surface area contributed by atoms with Crippen molar-refractivity contribution >= 4 is 67.8 Å². The molecule has 0 radical (unpaired) electrons. The van der Waals surface area contributed by atoms with Crippen LogP contribution in [0.25, 0.3) is 0 Å². The first-order valence-electron chi connectivity index (χ1n) is 3.57. The molecule has 0 aliphatic heterocycles. The number of unbranched alkanes of at least 4 members (excludes halogenated alkanes) is 2. The number of hydrogen-bond acceptors (Lipinski definition) is 0. The van der Waals surface area contributed by atoms with E-state index in [1.165, 1.54) is 34.5 Å². The summed E-state index contributed by atoms with van der Waals surface area (Å²) in [5.41, 5.74) is 0. The Labute approximate surface area is 105 Å². The van der Waals surface area contributed by atoms with Crippen LogP contribution in [0.15, 0.2) is 0 Å². The van der Waals surface area contributed by atoms with Crippen LogP contribution in [0.2, 0.25) is 0 Å².